The van der Waals surface area contributed by atoms with Gasteiger partial charge >= 0.3 is 6.09 Å². The molecule has 2 aromatic heterocycles. The molecule has 1 saturated carbocycles. The quantitative estimate of drug-likeness (QED) is 0.627. The van der Waals surface area contributed by atoms with Crippen molar-refractivity contribution in [2.75, 3.05) is 10.6 Å². The first-order chi connectivity index (χ1) is 13.0. The van der Waals surface area contributed by atoms with Crippen LogP contribution >= 0.6 is 0 Å². The zero-order valence-electron chi connectivity index (χ0n) is 14.6. The molecule has 0 saturated heterocycles. The summed E-state index contributed by atoms with van der Waals surface area (Å²) in [5, 5.41) is 30.2. The van der Waals surface area contributed by atoms with Gasteiger partial charge in [0.2, 0.25) is 5.88 Å². The van der Waals surface area contributed by atoms with Gasteiger partial charge in [-0.3, -0.25) is 0 Å². The molecule has 10 heteroatoms. The van der Waals surface area contributed by atoms with Gasteiger partial charge in [0.15, 0.2) is 17.5 Å². The molecule has 0 radical (unpaired) electrons. The van der Waals surface area contributed by atoms with Crippen LogP contribution < -0.4 is 16.0 Å². The third kappa shape index (κ3) is 4.44. The van der Waals surface area contributed by atoms with Gasteiger partial charge in [-0.15, -0.1) is 0 Å². The molecule has 27 heavy (non-hydrogen) atoms. The van der Waals surface area contributed by atoms with Crippen molar-refractivity contribution in [1.29, 1.82) is 5.26 Å². The monoisotopic (exact) mass is 374 g/mol. The second-order valence-corrected chi connectivity index (χ2v) is 6.38. The lowest BCUT2D eigenvalue weighted by molar-refractivity contribution is 0.184. The van der Waals surface area contributed by atoms with Crippen molar-refractivity contribution < 1.29 is 18.8 Å². The molecule has 2 atom stereocenters. The van der Waals surface area contributed by atoms with E-state index in [1.54, 1.807) is 13.0 Å². The van der Waals surface area contributed by atoms with Crippen molar-refractivity contribution in [2.45, 2.75) is 44.7 Å². The SMILES string of the molecule is Cc1cc(Nc2nc(N[C@@H]3CCCC[C@@H]3NC(=O)O)c(F)cc2C#N)on1. The minimum atomic E-state index is -1.12. The average molecular weight is 374 g/mol. The maximum absolute atomic E-state index is 14.4. The standard InChI is InChI=1S/C17H19FN6O3/c1-9-6-14(27-24-9)22-15-10(8-19)7-11(18)16(23-15)20-12-4-2-3-5-13(12)21-17(25)26/h6-7,12-13,21H,2-5H2,1H3,(H,25,26)(H2,20,22,23)/t12-,13+/m1/s1. The summed E-state index contributed by atoms with van der Waals surface area (Å²) in [6, 6.07) is 3.93. The van der Waals surface area contributed by atoms with Crippen molar-refractivity contribution in [2.24, 2.45) is 0 Å². The normalized spacial score (nSPS) is 19.1. The molecule has 0 spiro atoms. The second kappa shape index (κ2) is 7.90. The van der Waals surface area contributed by atoms with Gasteiger partial charge in [0.1, 0.15) is 6.07 Å². The molecular weight excluding hydrogens is 355 g/mol. The fraction of sp³-hybridized carbons (Fsp3) is 0.412. The largest absolute Gasteiger partial charge is 0.465 e. The van der Waals surface area contributed by atoms with Crippen LogP contribution in [-0.4, -0.2) is 33.4 Å². The fourth-order valence-electron chi connectivity index (χ4n) is 3.12. The Balaban J connectivity index is 1.85. The Morgan fingerprint density at radius 2 is 2.07 bits per heavy atom. The number of nitriles is 1. The summed E-state index contributed by atoms with van der Waals surface area (Å²) in [4.78, 5) is 15.2. The number of aryl methyl sites for hydroxylation is 1. The summed E-state index contributed by atoms with van der Waals surface area (Å²) in [6.45, 7) is 1.74. The number of pyridine rings is 1. The first-order valence-electron chi connectivity index (χ1n) is 8.53. The first-order valence-corrected chi connectivity index (χ1v) is 8.53. The minimum Gasteiger partial charge on any atom is -0.465 e. The molecule has 1 aliphatic rings. The number of carboxylic acid groups (broad SMARTS) is 1. The van der Waals surface area contributed by atoms with E-state index in [-0.39, 0.29) is 35.2 Å². The molecule has 2 aromatic rings. The number of hydrogen-bond acceptors (Lipinski definition) is 7. The summed E-state index contributed by atoms with van der Waals surface area (Å²) in [5.74, 6) is -0.351. The van der Waals surface area contributed by atoms with Gasteiger partial charge in [0, 0.05) is 12.1 Å². The van der Waals surface area contributed by atoms with Crippen LogP contribution in [0.4, 0.5) is 26.7 Å². The maximum atomic E-state index is 14.4. The summed E-state index contributed by atoms with van der Waals surface area (Å²) in [5.41, 5.74) is 0.650. The molecule has 0 aromatic carbocycles. The number of rotatable bonds is 5. The van der Waals surface area contributed by atoms with Crippen molar-refractivity contribution in [3.8, 4) is 6.07 Å². The highest BCUT2D eigenvalue weighted by Crippen LogP contribution is 2.27. The Labute approximate surface area is 154 Å². The van der Waals surface area contributed by atoms with Crippen LogP contribution in [-0.2, 0) is 0 Å². The maximum Gasteiger partial charge on any atom is 0.404 e. The Hall–Kier alpha value is -3.35. The Morgan fingerprint density at radius 3 is 2.70 bits per heavy atom. The van der Waals surface area contributed by atoms with E-state index in [0.717, 1.165) is 18.9 Å². The van der Waals surface area contributed by atoms with E-state index in [4.69, 9.17) is 9.63 Å². The van der Waals surface area contributed by atoms with E-state index in [0.29, 0.717) is 18.5 Å². The Morgan fingerprint density at radius 1 is 1.33 bits per heavy atom. The first kappa shape index (κ1) is 18.4. The molecule has 9 nitrogen and oxygen atoms in total. The lowest BCUT2D eigenvalue weighted by Gasteiger charge is -2.32. The lowest BCUT2D eigenvalue weighted by atomic mass is 9.90. The van der Waals surface area contributed by atoms with Gasteiger partial charge in [-0.05, 0) is 25.8 Å². The van der Waals surface area contributed by atoms with E-state index in [1.807, 2.05) is 6.07 Å². The Bertz CT molecular complexity index is 878. The van der Waals surface area contributed by atoms with Crippen molar-refractivity contribution >= 4 is 23.6 Å². The molecule has 142 valence electrons. The lowest BCUT2D eigenvalue weighted by Crippen LogP contribution is -2.48. The highest BCUT2D eigenvalue weighted by atomic mass is 19.1. The summed E-state index contributed by atoms with van der Waals surface area (Å²) in [6.07, 6.45) is 2.00. The van der Waals surface area contributed by atoms with Crippen molar-refractivity contribution in [3.63, 3.8) is 0 Å². The number of nitrogens with zero attached hydrogens (tertiary/aromatic N) is 3. The number of amides is 1. The van der Waals surface area contributed by atoms with Gasteiger partial charge in [-0.25, -0.2) is 14.2 Å². The summed E-state index contributed by atoms with van der Waals surface area (Å²) < 4.78 is 19.5. The van der Waals surface area contributed by atoms with Crippen LogP contribution in [0.2, 0.25) is 0 Å². The van der Waals surface area contributed by atoms with Crippen LogP contribution in [0.3, 0.4) is 0 Å². The molecule has 2 heterocycles. The molecule has 1 amide bonds. The summed E-state index contributed by atoms with van der Waals surface area (Å²) >= 11 is 0. The van der Waals surface area contributed by atoms with E-state index in [1.165, 1.54) is 0 Å². The van der Waals surface area contributed by atoms with Crippen LogP contribution in [0.15, 0.2) is 16.7 Å². The topological polar surface area (TPSA) is 136 Å². The zero-order chi connectivity index (χ0) is 19.4. The number of anilines is 3. The number of aromatic nitrogens is 2. The molecule has 0 bridgehead atoms. The molecule has 1 aliphatic carbocycles. The summed E-state index contributed by atoms with van der Waals surface area (Å²) in [7, 11) is 0. The van der Waals surface area contributed by atoms with E-state index in [9.17, 15) is 14.4 Å². The smallest absolute Gasteiger partial charge is 0.404 e. The molecular formula is C17H19FN6O3. The van der Waals surface area contributed by atoms with Crippen LogP contribution in [0.25, 0.3) is 0 Å². The minimum absolute atomic E-state index is 0.0101. The molecule has 4 N–H and O–H groups in total. The van der Waals surface area contributed by atoms with Gasteiger partial charge in [0.25, 0.3) is 0 Å². The number of nitrogens with one attached hydrogen (secondary N) is 3. The van der Waals surface area contributed by atoms with Crippen LogP contribution in [0, 0.1) is 24.1 Å². The fourth-order valence-corrected chi connectivity index (χ4v) is 3.12. The highest BCUT2D eigenvalue weighted by molar-refractivity contribution is 5.65. The van der Waals surface area contributed by atoms with Crippen LogP contribution in [0.5, 0.6) is 0 Å². The van der Waals surface area contributed by atoms with E-state index < -0.39 is 11.9 Å². The van der Waals surface area contributed by atoms with Crippen LogP contribution in [0.1, 0.15) is 36.9 Å². The molecule has 3 rings (SSSR count). The second-order valence-electron chi connectivity index (χ2n) is 6.38. The predicted octanol–water partition coefficient (Wildman–Crippen LogP) is 3.12. The van der Waals surface area contributed by atoms with E-state index >= 15 is 0 Å². The average Bonchev–Trinajstić information content (AvgIpc) is 3.03. The highest BCUT2D eigenvalue weighted by Gasteiger charge is 2.28. The number of halogens is 1. The Kier molecular flexibility index (Phi) is 5.40. The van der Waals surface area contributed by atoms with Gasteiger partial charge < -0.3 is 25.6 Å². The molecule has 0 aliphatic heterocycles. The van der Waals surface area contributed by atoms with Crippen molar-refractivity contribution in [3.05, 3.63) is 29.2 Å². The predicted molar refractivity (Wildman–Crippen MR) is 94.3 cm³/mol. The van der Waals surface area contributed by atoms with Gasteiger partial charge in [-0.1, -0.05) is 18.0 Å². The number of hydrogen-bond donors (Lipinski definition) is 4. The van der Waals surface area contributed by atoms with Gasteiger partial charge in [-0.2, -0.15) is 5.26 Å². The zero-order valence-corrected chi connectivity index (χ0v) is 14.6. The van der Waals surface area contributed by atoms with Crippen molar-refractivity contribution in [1.82, 2.24) is 15.5 Å². The van der Waals surface area contributed by atoms with Gasteiger partial charge in [0.05, 0.1) is 17.3 Å². The third-order valence-electron chi connectivity index (χ3n) is 4.36. The van der Waals surface area contributed by atoms with E-state index in [2.05, 4.69) is 26.1 Å². The molecule has 1 fully saturated rings. The number of carbonyl (C=O) groups is 1. The third-order valence-corrected chi connectivity index (χ3v) is 4.36. The molecule has 0 unspecified atom stereocenters.